The summed E-state index contributed by atoms with van der Waals surface area (Å²) in [7, 11) is 1.28. The number of para-hydroxylation sites is 3. The van der Waals surface area contributed by atoms with E-state index in [1.165, 1.54) is 7.11 Å². The molecule has 0 spiro atoms. The molecule has 0 aliphatic carbocycles. The number of hydrogen-bond donors (Lipinski definition) is 5. The highest BCUT2D eigenvalue weighted by Gasteiger charge is 2.35. The smallest absolute Gasteiger partial charge is 0.328 e. The molecule has 0 saturated carbocycles. The standard InChI is InChI=1S/C32H41N7O5/c1-20(23-19-34-24-10-4-3-9-22(23)24)28(29(40)35-26(30(41)44-2)12-7-8-16-33)37-31(42)38-17-14-21(15-18-38)39-27-13-6-5-11-25(27)36-32(39)43/h3-6,9-11,13,19-21,26,28,34H,7-8,12,14-18,33H2,1-2H3,(H,35,40)(H,36,43)(H,37,42)/t20-,26-,28?/m0/s1. The van der Waals surface area contributed by atoms with E-state index in [9.17, 15) is 19.2 Å². The second-order valence-corrected chi connectivity index (χ2v) is 11.4. The molecular weight excluding hydrogens is 562 g/mol. The maximum absolute atomic E-state index is 13.8. The number of unbranched alkanes of at least 4 members (excludes halogenated alkanes) is 1. The van der Waals surface area contributed by atoms with Crippen LogP contribution < -0.4 is 22.1 Å². The van der Waals surface area contributed by atoms with Gasteiger partial charge >= 0.3 is 17.7 Å². The number of benzene rings is 2. The summed E-state index contributed by atoms with van der Waals surface area (Å²) < 4.78 is 6.73. The van der Waals surface area contributed by atoms with Crippen molar-refractivity contribution in [3.05, 3.63) is 70.8 Å². The van der Waals surface area contributed by atoms with Crippen LogP contribution in [0.4, 0.5) is 4.79 Å². The van der Waals surface area contributed by atoms with Gasteiger partial charge in [0.05, 0.1) is 18.1 Å². The molecule has 2 aromatic carbocycles. The van der Waals surface area contributed by atoms with Gasteiger partial charge < -0.3 is 36.0 Å². The average molecular weight is 604 g/mol. The molecule has 1 saturated heterocycles. The molecule has 0 radical (unpaired) electrons. The molecule has 4 aromatic rings. The second-order valence-electron chi connectivity index (χ2n) is 11.4. The Bertz CT molecular complexity index is 1670. The molecule has 44 heavy (non-hydrogen) atoms. The zero-order chi connectivity index (χ0) is 31.2. The van der Waals surface area contributed by atoms with Gasteiger partial charge in [-0.25, -0.2) is 14.4 Å². The van der Waals surface area contributed by atoms with Gasteiger partial charge in [0.1, 0.15) is 12.1 Å². The minimum absolute atomic E-state index is 0.0544. The Morgan fingerprint density at radius 3 is 2.45 bits per heavy atom. The maximum Gasteiger partial charge on any atom is 0.328 e. The summed E-state index contributed by atoms with van der Waals surface area (Å²) in [6, 6.07) is 13.1. The van der Waals surface area contributed by atoms with E-state index in [1.807, 2.05) is 61.7 Å². The van der Waals surface area contributed by atoms with Crippen LogP contribution in [0.15, 0.2) is 59.5 Å². The van der Waals surface area contributed by atoms with Gasteiger partial charge in [-0.05, 0) is 62.4 Å². The zero-order valence-corrected chi connectivity index (χ0v) is 25.2. The number of urea groups is 1. The molecule has 1 aliphatic rings. The van der Waals surface area contributed by atoms with Crippen LogP contribution in [0.3, 0.4) is 0 Å². The Kier molecular flexibility index (Phi) is 9.69. The number of fused-ring (bicyclic) bond motifs is 2. The van der Waals surface area contributed by atoms with E-state index in [-0.39, 0.29) is 17.8 Å². The van der Waals surface area contributed by atoms with Gasteiger partial charge in [-0.3, -0.25) is 9.36 Å². The van der Waals surface area contributed by atoms with Crippen LogP contribution in [0.2, 0.25) is 0 Å². The van der Waals surface area contributed by atoms with Crippen LogP contribution in [0.25, 0.3) is 21.9 Å². The SMILES string of the molecule is COC(=O)[C@H](CCCCN)NC(=O)C(NC(=O)N1CCC(n2c(=O)[nH]c3ccccc32)CC1)[C@@H](C)c1c[nH]c2ccccc12. The largest absolute Gasteiger partial charge is 0.467 e. The summed E-state index contributed by atoms with van der Waals surface area (Å²) >= 11 is 0. The van der Waals surface area contributed by atoms with Crippen molar-refractivity contribution in [1.82, 2.24) is 30.1 Å². The lowest BCUT2D eigenvalue weighted by molar-refractivity contribution is -0.145. The van der Waals surface area contributed by atoms with Gasteiger partial charge in [-0.15, -0.1) is 0 Å². The number of aromatic amines is 2. The lowest BCUT2D eigenvalue weighted by atomic mass is 9.91. The van der Waals surface area contributed by atoms with Gasteiger partial charge in [0.2, 0.25) is 5.91 Å². The Balaban J connectivity index is 1.33. The predicted octanol–water partition coefficient (Wildman–Crippen LogP) is 3.12. The lowest BCUT2D eigenvalue weighted by Crippen LogP contribution is -2.56. The predicted molar refractivity (Wildman–Crippen MR) is 168 cm³/mol. The number of carbonyl (C=O) groups is 3. The van der Waals surface area contributed by atoms with Gasteiger partial charge in [0.25, 0.3) is 0 Å². The number of H-pyrrole nitrogens is 2. The van der Waals surface area contributed by atoms with E-state index in [4.69, 9.17) is 10.5 Å². The van der Waals surface area contributed by atoms with Gasteiger partial charge in [-0.1, -0.05) is 37.3 Å². The first-order valence-corrected chi connectivity index (χ1v) is 15.2. The first-order valence-electron chi connectivity index (χ1n) is 15.2. The van der Waals surface area contributed by atoms with Crippen molar-refractivity contribution in [2.45, 2.75) is 63.1 Å². The van der Waals surface area contributed by atoms with Crippen molar-refractivity contribution in [1.29, 1.82) is 0 Å². The Hall–Kier alpha value is -4.58. The number of nitrogens with two attached hydrogens (primary N) is 1. The summed E-state index contributed by atoms with van der Waals surface area (Å²) in [4.78, 5) is 60.6. The van der Waals surface area contributed by atoms with E-state index in [0.29, 0.717) is 51.7 Å². The minimum Gasteiger partial charge on any atom is -0.467 e. The zero-order valence-electron chi connectivity index (χ0n) is 25.2. The Morgan fingerprint density at radius 2 is 1.73 bits per heavy atom. The van der Waals surface area contributed by atoms with E-state index in [0.717, 1.165) is 27.5 Å². The number of ether oxygens (including phenoxy) is 1. The number of piperidine rings is 1. The summed E-state index contributed by atoms with van der Waals surface area (Å²) in [6.45, 7) is 3.20. The summed E-state index contributed by atoms with van der Waals surface area (Å²) in [5.74, 6) is -1.45. The maximum atomic E-state index is 13.8. The van der Waals surface area contributed by atoms with E-state index in [2.05, 4.69) is 20.6 Å². The first-order chi connectivity index (χ1) is 21.3. The highest BCUT2D eigenvalue weighted by molar-refractivity contribution is 5.92. The lowest BCUT2D eigenvalue weighted by Gasteiger charge is -2.34. The number of likely N-dealkylation sites (tertiary alicyclic amines) is 1. The van der Waals surface area contributed by atoms with Crippen molar-refractivity contribution in [2.75, 3.05) is 26.7 Å². The van der Waals surface area contributed by atoms with Crippen LogP contribution in [-0.4, -0.2) is 76.2 Å². The first kappa shape index (κ1) is 30.9. The fourth-order valence-electron chi connectivity index (χ4n) is 6.20. The second kappa shape index (κ2) is 13.8. The number of amides is 3. The topological polar surface area (TPSA) is 167 Å². The number of carbonyl (C=O) groups excluding carboxylic acids is 3. The summed E-state index contributed by atoms with van der Waals surface area (Å²) in [6.07, 6.45) is 4.75. The van der Waals surface area contributed by atoms with Gasteiger partial charge in [0, 0.05) is 42.1 Å². The number of aromatic nitrogens is 3. The number of nitrogens with one attached hydrogen (secondary N) is 4. The van der Waals surface area contributed by atoms with Crippen molar-refractivity contribution < 1.29 is 19.1 Å². The quantitative estimate of drug-likeness (QED) is 0.130. The van der Waals surface area contributed by atoms with E-state index < -0.39 is 29.9 Å². The molecule has 12 nitrogen and oxygen atoms in total. The minimum atomic E-state index is -0.975. The van der Waals surface area contributed by atoms with Crippen molar-refractivity contribution in [3.63, 3.8) is 0 Å². The molecule has 1 unspecified atom stereocenters. The van der Waals surface area contributed by atoms with Gasteiger partial charge in [-0.2, -0.15) is 0 Å². The third-order valence-corrected chi connectivity index (χ3v) is 8.66. The molecular formula is C32H41N7O5. The number of methoxy groups -OCH3 is 1. The van der Waals surface area contributed by atoms with E-state index in [1.54, 1.807) is 9.47 Å². The molecule has 3 heterocycles. The molecule has 3 atom stereocenters. The third-order valence-electron chi connectivity index (χ3n) is 8.66. The molecule has 5 rings (SSSR count). The van der Waals surface area contributed by atoms with Crippen LogP contribution in [0.1, 0.15) is 56.6 Å². The van der Waals surface area contributed by atoms with Crippen molar-refractivity contribution >= 4 is 39.8 Å². The fraction of sp³-hybridized carbons (Fsp3) is 0.438. The number of esters is 1. The molecule has 234 valence electrons. The molecule has 12 heteroatoms. The summed E-state index contributed by atoms with van der Waals surface area (Å²) in [5.41, 5.74) is 8.89. The fourth-order valence-corrected chi connectivity index (χ4v) is 6.20. The van der Waals surface area contributed by atoms with Gasteiger partial charge in [0.15, 0.2) is 0 Å². The molecule has 3 amide bonds. The number of nitrogens with zero attached hydrogens (tertiary/aromatic N) is 2. The van der Waals surface area contributed by atoms with Crippen molar-refractivity contribution in [2.24, 2.45) is 5.73 Å². The Morgan fingerprint density at radius 1 is 1.02 bits per heavy atom. The van der Waals surface area contributed by atoms with Crippen molar-refractivity contribution in [3.8, 4) is 0 Å². The van der Waals surface area contributed by atoms with E-state index >= 15 is 0 Å². The normalized spacial score (nSPS) is 16.0. The molecule has 6 N–H and O–H groups in total. The third kappa shape index (κ3) is 6.49. The van der Waals surface area contributed by atoms with Crippen LogP contribution in [0.5, 0.6) is 0 Å². The molecule has 1 fully saturated rings. The number of imidazole rings is 1. The molecule has 2 aromatic heterocycles. The highest BCUT2D eigenvalue weighted by atomic mass is 16.5. The summed E-state index contributed by atoms with van der Waals surface area (Å²) in [5, 5.41) is 6.76. The molecule has 1 aliphatic heterocycles. The number of rotatable bonds is 11. The highest BCUT2D eigenvalue weighted by Crippen LogP contribution is 2.29. The monoisotopic (exact) mass is 603 g/mol. The average Bonchev–Trinajstić information content (AvgIpc) is 3.62. The van der Waals surface area contributed by atoms with Crippen LogP contribution >= 0.6 is 0 Å². The Labute approximate surface area is 255 Å². The van der Waals surface area contributed by atoms with Crippen LogP contribution in [-0.2, 0) is 14.3 Å². The molecule has 0 bridgehead atoms. The number of hydrogen-bond acceptors (Lipinski definition) is 6. The van der Waals surface area contributed by atoms with Crippen LogP contribution in [0, 0.1) is 0 Å².